The number of hydrogen-bond donors (Lipinski definition) is 2. The monoisotopic (exact) mass is 686 g/mol. The number of amides is 2. The Balaban J connectivity index is 1.21. The summed E-state index contributed by atoms with van der Waals surface area (Å²) in [4.78, 5) is 56.4. The van der Waals surface area contributed by atoms with Gasteiger partial charge < -0.3 is 24.4 Å². The lowest BCUT2D eigenvalue weighted by Crippen LogP contribution is -2.46. The maximum absolute atomic E-state index is 14.7. The topological polar surface area (TPSA) is 125 Å². The maximum atomic E-state index is 14.7. The van der Waals surface area contributed by atoms with E-state index in [1.165, 1.54) is 4.68 Å². The summed E-state index contributed by atoms with van der Waals surface area (Å²) in [5.41, 5.74) is 0.648. The molecule has 1 spiro atoms. The van der Waals surface area contributed by atoms with Crippen LogP contribution in [-0.4, -0.2) is 70.0 Å². The fourth-order valence-electron chi connectivity index (χ4n) is 8.25. The molecule has 0 aliphatic carbocycles. The van der Waals surface area contributed by atoms with Crippen molar-refractivity contribution in [1.29, 1.82) is 0 Å². The molecule has 0 bridgehead atoms. The van der Waals surface area contributed by atoms with Gasteiger partial charge in [-0.3, -0.25) is 14.4 Å². The molecule has 1 aromatic heterocycles. The van der Waals surface area contributed by atoms with E-state index >= 15 is 0 Å². The van der Waals surface area contributed by atoms with E-state index < -0.39 is 31.5 Å². The SMILES string of the molecule is C[C@H]1[C@H]([Si](C)(C)O)[C@@H](CC(=O)N2CCC[C@H]2CO)O[C@]12C(=O)N(Cc1ccc(-n3ncc4ccccc4c3=O)cc1)c1ccc(Cl)cc12. The van der Waals surface area contributed by atoms with E-state index in [2.05, 4.69) is 5.10 Å². The van der Waals surface area contributed by atoms with Crippen molar-refractivity contribution in [3.63, 3.8) is 0 Å². The average molecular weight is 687 g/mol. The van der Waals surface area contributed by atoms with E-state index in [0.717, 1.165) is 23.8 Å². The predicted molar refractivity (Wildman–Crippen MR) is 186 cm³/mol. The van der Waals surface area contributed by atoms with Crippen LogP contribution in [0.4, 0.5) is 5.69 Å². The Kier molecular flexibility index (Phi) is 8.32. The van der Waals surface area contributed by atoms with Gasteiger partial charge in [-0.05, 0) is 67.9 Å². The number of carbonyl (C=O) groups excluding carboxylic acids is 2. The molecule has 250 valence electrons. The normalized spacial score (nSPS) is 25.4. The van der Waals surface area contributed by atoms with Crippen molar-refractivity contribution in [2.75, 3.05) is 18.1 Å². The van der Waals surface area contributed by atoms with Crippen LogP contribution in [0.5, 0.6) is 0 Å². The fourth-order valence-corrected chi connectivity index (χ4v) is 11.0. The number of aromatic nitrogens is 2. The Morgan fingerprint density at radius 3 is 2.58 bits per heavy atom. The van der Waals surface area contributed by atoms with E-state index in [-0.39, 0.29) is 43.0 Å². The third-order valence-electron chi connectivity index (χ3n) is 10.4. The number of hydrogen-bond acceptors (Lipinski definition) is 7. The van der Waals surface area contributed by atoms with E-state index in [1.54, 1.807) is 34.2 Å². The molecule has 10 nitrogen and oxygen atoms in total. The predicted octanol–water partition coefficient (Wildman–Crippen LogP) is 4.76. The number of likely N-dealkylation sites (tertiary alicyclic amines) is 1. The van der Waals surface area contributed by atoms with Crippen molar-refractivity contribution in [2.24, 2.45) is 5.92 Å². The zero-order valence-electron chi connectivity index (χ0n) is 27.2. The number of fused-ring (bicyclic) bond motifs is 3. The molecule has 2 saturated heterocycles. The Hall–Kier alpha value is -3.87. The molecule has 4 aromatic rings. The van der Waals surface area contributed by atoms with E-state index in [4.69, 9.17) is 16.3 Å². The second kappa shape index (κ2) is 12.2. The third kappa shape index (κ3) is 5.28. The van der Waals surface area contributed by atoms with Gasteiger partial charge in [0, 0.05) is 34.0 Å². The summed E-state index contributed by atoms with van der Waals surface area (Å²) in [6, 6.07) is 19.8. The van der Waals surface area contributed by atoms with Crippen LogP contribution in [0, 0.1) is 5.92 Å². The quantitative estimate of drug-likeness (QED) is 0.269. The van der Waals surface area contributed by atoms with Crippen LogP contribution in [-0.2, 0) is 26.5 Å². The van der Waals surface area contributed by atoms with Crippen molar-refractivity contribution in [3.05, 3.63) is 99.4 Å². The number of benzene rings is 3. The number of carbonyl (C=O) groups is 2. The standard InChI is InChI=1S/C36H39ClN4O6Si/c1-22-33(48(2,3)46)31(18-32(43)39-16-6-8-27(39)21-42)47-36(22)29-17-25(37)12-15-30(29)40(35(36)45)20-23-10-13-26(14-11-23)41-34(44)28-9-5-4-7-24(28)19-38-41/h4-5,7,9-15,17,19,22,27,31,33,42,46H,6,8,16,18,20-21H2,1-3H3/t22-,27-,31+,33-,36+/m0/s1. The van der Waals surface area contributed by atoms with Crippen molar-refractivity contribution >= 4 is 48.2 Å². The molecule has 2 fully saturated rings. The first-order valence-electron chi connectivity index (χ1n) is 16.4. The molecule has 12 heteroatoms. The van der Waals surface area contributed by atoms with E-state index in [0.29, 0.717) is 33.9 Å². The summed E-state index contributed by atoms with van der Waals surface area (Å²) in [5, 5.41) is 16.0. The van der Waals surface area contributed by atoms with Gasteiger partial charge in [-0.25, -0.2) is 0 Å². The van der Waals surface area contributed by atoms with Crippen LogP contribution in [0.1, 0.15) is 37.3 Å². The van der Waals surface area contributed by atoms with Gasteiger partial charge in [0.2, 0.25) is 5.91 Å². The first-order valence-corrected chi connectivity index (χ1v) is 19.8. The zero-order chi connectivity index (χ0) is 34.0. The first kappa shape index (κ1) is 32.7. The highest BCUT2D eigenvalue weighted by Gasteiger charge is 2.66. The van der Waals surface area contributed by atoms with Crippen molar-refractivity contribution in [1.82, 2.24) is 14.7 Å². The zero-order valence-corrected chi connectivity index (χ0v) is 28.9. The Labute approximate surface area is 284 Å². The minimum Gasteiger partial charge on any atom is -0.432 e. The fraction of sp³-hybridized carbons (Fsp3) is 0.389. The molecule has 0 radical (unpaired) electrons. The summed E-state index contributed by atoms with van der Waals surface area (Å²) < 4.78 is 8.18. The van der Waals surface area contributed by atoms with Gasteiger partial charge in [0.25, 0.3) is 11.5 Å². The van der Waals surface area contributed by atoms with Crippen LogP contribution in [0.2, 0.25) is 23.7 Å². The third-order valence-corrected chi connectivity index (χ3v) is 13.2. The molecule has 0 unspecified atom stereocenters. The maximum Gasteiger partial charge on any atom is 0.279 e. The van der Waals surface area contributed by atoms with Crippen LogP contribution >= 0.6 is 11.6 Å². The minimum absolute atomic E-state index is 0.0110. The highest BCUT2D eigenvalue weighted by molar-refractivity contribution is 6.71. The molecule has 4 heterocycles. The largest absolute Gasteiger partial charge is 0.432 e. The number of halogens is 1. The summed E-state index contributed by atoms with van der Waals surface area (Å²) in [6.45, 7) is 6.28. The smallest absolute Gasteiger partial charge is 0.279 e. The Bertz CT molecular complexity index is 1960. The summed E-state index contributed by atoms with van der Waals surface area (Å²) in [7, 11) is -2.98. The lowest BCUT2D eigenvalue weighted by atomic mass is 9.82. The molecular formula is C36H39ClN4O6Si. The van der Waals surface area contributed by atoms with E-state index in [1.807, 2.05) is 68.5 Å². The molecule has 3 aliphatic heterocycles. The van der Waals surface area contributed by atoms with Gasteiger partial charge in [0.15, 0.2) is 13.9 Å². The molecule has 48 heavy (non-hydrogen) atoms. The summed E-state index contributed by atoms with van der Waals surface area (Å²) in [5.74, 6) is -0.855. The molecule has 3 aliphatic rings. The highest BCUT2D eigenvalue weighted by Crippen LogP contribution is 2.60. The summed E-state index contributed by atoms with van der Waals surface area (Å²) in [6.07, 6.45) is 2.55. The van der Waals surface area contributed by atoms with Gasteiger partial charge >= 0.3 is 0 Å². The second-order valence-corrected chi connectivity index (χ2v) is 18.2. The van der Waals surface area contributed by atoms with Crippen LogP contribution in [0.3, 0.4) is 0 Å². The van der Waals surface area contributed by atoms with Crippen LogP contribution in [0.25, 0.3) is 16.5 Å². The second-order valence-electron chi connectivity index (χ2n) is 13.8. The molecule has 2 amide bonds. The summed E-state index contributed by atoms with van der Waals surface area (Å²) >= 11 is 6.53. The number of nitrogens with zero attached hydrogens (tertiary/aromatic N) is 4. The Morgan fingerprint density at radius 2 is 1.85 bits per heavy atom. The Morgan fingerprint density at radius 1 is 1.10 bits per heavy atom. The van der Waals surface area contributed by atoms with Gasteiger partial charge in [0.1, 0.15) is 0 Å². The lowest BCUT2D eigenvalue weighted by Gasteiger charge is -2.32. The lowest BCUT2D eigenvalue weighted by molar-refractivity contribution is -0.150. The molecule has 3 aromatic carbocycles. The van der Waals surface area contributed by atoms with Crippen LogP contribution in [0.15, 0.2) is 77.7 Å². The molecule has 5 atom stereocenters. The van der Waals surface area contributed by atoms with Gasteiger partial charge in [-0.1, -0.05) is 48.9 Å². The van der Waals surface area contributed by atoms with Gasteiger partial charge in [0.05, 0.1) is 54.7 Å². The average Bonchev–Trinajstić information content (AvgIpc) is 3.72. The molecule has 0 saturated carbocycles. The number of ether oxygens (including phenoxy) is 1. The van der Waals surface area contributed by atoms with Crippen molar-refractivity contribution < 1.29 is 24.2 Å². The van der Waals surface area contributed by atoms with Gasteiger partial charge in [-0.15, -0.1) is 0 Å². The van der Waals surface area contributed by atoms with Crippen molar-refractivity contribution in [3.8, 4) is 5.69 Å². The number of aliphatic hydroxyl groups is 1. The van der Waals surface area contributed by atoms with Gasteiger partial charge in [-0.2, -0.15) is 9.78 Å². The minimum atomic E-state index is -2.98. The highest BCUT2D eigenvalue weighted by atomic mass is 35.5. The molecule has 7 rings (SSSR count). The number of anilines is 1. The number of aliphatic hydroxyl groups excluding tert-OH is 1. The van der Waals surface area contributed by atoms with Crippen molar-refractivity contribution in [2.45, 2.75) is 69.1 Å². The number of rotatable bonds is 7. The molecule has 2 N–H and O–H groups in total. The molecular weight excluding hydrogens is 648 g/mol. The first-order chi connectivity index (χ1) is 22.9. The van der Waals surface area contributed by atoms with Crippen LogP contribution < -0.4 is 10.5 Å². The van der Waals surface area contributed by atoms with E-state index in [9.17, 15) is 24.3 Å².